The summed E-state index contributed by atoms with van der Waals surface area (Å²) in [6, 6.07) is 7.85. The van der Waals surface area contributed by atoms with E-state index in [0.717, 1.165) is 23.2 Å². The van der Waals surface area contributed by atoms with Crippen molar-refractivity contribution >= 4 is 0 Å². The van der Waals surface area contributed by atoms with E-state index in [4.69, 9.17) is 4.74 Å². The van der Waals surface area contributed by atoms with Crippen molar-refractivity contribution in [1.29, 1.82) is 0 Å². The molecule has 0 aliphatic heterocycles. The van der Waals surface area contributed by atoms with E-state index in [-0.39, 0.29) is 12.4 Å². The molecule has 0 aliphatic rings. The number of rotatable bonds is 4. The summed E-state index contributed by atoms with van der Waals surface area (Å²) in [7, 11) is 0. The lowest BCUT2D eigenvalue weighted by Gasteiger charge is -2.10. The standard InChI is InChI=1S/C15H16FNO2/c1-3-13-6-11(9-18)7-15(17-13)19-14-8-12(16)5-4-10(14)2/h4-8,18H,3,9H2,1-2H3. The first-order valence-corrected chi connectivity index (χ1v) is 6.17. The van der Waals surface area contributed by atoms with E-state index in [1.165, 1.54) is 12.1 Å². The zero-order valence-corrected chi connectivity index (χ0v) is 11.0. The molecule has 1 aromatic carbocycles. The zero-order valence-electron chi connectivity index (χ0n) is 11.0. The first-order valence-electron chi connectivity index (χ1n) is 6.17. The van der Waals surface area contributed by atoms with Crippen molar-refractivity contribution < 1.29 is 14.2 Å². The lowest BCUT2D eigenvalue weighted by molar-refractivity contribution is 0.280. The van der Waals surface area contributed by atoms with Gasteiger partial charge in [0.1, 0.15) is 11.6 Å². The number of halogens is 1. The Morgan fingerprint density at radius 3 is 2.74 bits per heavy atom. The minimum absolute atomic E-state index is 0.0754. The van der Waals surface area contributed by atoms with Gasteiger partial charge in [-0.2, -0.15) is 0 Å². The monoisotopic (exact) mass is 261 g/mol. The molecule has 2 aromatic rings. The van der Waals surface area contributed by atoms with E-state index >= 15 is 0 Å². The number of aromatic nitrogens is 1. The van der Waals surface area contributed by atoms with Crippen LogP contribution in [-0.2, 0) is 13.0 Å². The van der Waals surface area contributed by atoms with Gasteiger partial charge in [0.25, 0.3) is 0 Å². The predicted octanol–water partition coefficient (Wildman–Crippen LogP) is 3.38. The molecule has 1 N–H and O–H groups in total. The predicted molar refractivity (Wildman–Crippen MR) is 70.7 cm³/mol. The Labute approximate surface area is 111 Å². The summed E-state index contributed by atoms with van der Waals surface area (Å²) in [6.07, 6.45) is 0.742. The summed E-state index contributed by atoms with van der Waals surface area (Å²) in [4.78, 5) is 4.31. The van der Waals surface area contributed by atoms with Gasteiger partial charge >= 0.3 is 0 Å². The summed E-state index contributed by atoms with van der Waals surface area (Å²) in [5.74, 6) is 0.455. The lowest BCUT2D eigenvalue weighted by atomic mass is 10.2. The van der Waals surface area contributed by atoms with E-state index in [2.05, 4.69) is 4.98 Å². The van der Waals surface area contributed by atoms with E-state index in [1.807, 2.05) is 19.9 Å². The largest absolute Gasteiger partial charge is 0.439 e. The molecule has 0 aliphatic carbocycles. The summed E-state index contributed by atoms with van der Waals surface area (Å²) in [5, 5.41) is 9.20. The number of aryl methyl sites for hydroxylation is 2. The molecule has 0 unspecified atom stereocenters. The number of pyridine rings is 1. The highest BCUT2D eigenvalue weighted by Crippen LogP contribution is 2.25. The molecule has 0 bridgehead atoms. The molecular weight excluding hydrogens is 245 g/mol. The quantitative estimate of drug-likeness (QED) is 0.917. The fraction of sp³-hybridized carbons (Fsp3) is 0.267. The van der Waals surface area contributed by atoms with Crippen LogP contribution in [0.2, 0.25) is 0 Å². The summed E-state index contributed by atoms with van der Waals surface area (Å²) in [6.45, 7) is 3.74. The number of benzene rings is 1. The van der Waals surface area contributed by atoms with Crippen molar-refractivity contribution in [3.05, 3.63) is 53.0 Å². The number of aliphatic hydroxyl groups is 1. The van der Waals surface area contributed by atoms with Crippen molar-refractivity contribution in [2.24, 2.45) is 0 Å². The topological polar surface area (TPSA) is 42.4 Å². The summed E-state index contributed by atoms with van der Waals surface area (Å²) >= 11 is 0. The Balaban J connectivity index is 2.34. The van der Waals surface area contributed by atoms with Gasteiger partial charge in [0, 0.05) is 17.8 Å². The third-order valence-corrected chi connectivity index (χ3v) is 2.82. The summed E-state index contributed by atoms with van der Waals surface area (Å²) < 4.78 is 18.8. The molecule has 0 radical (unpaired) electrons. The molecule has 3 nitrogen and oxygen atoms in total. The number of aliphatic hydroxyl groups excluding tert-OH is 1. The van der Waals surface area contributed by atoms with Crippen molar-refractivity contribution in [2.75, 3.05) is 0 Å². The third kappa shape index (κ3) is 3.29. The normalized spacial score (nSPS) is 10.5. The number of nitrogens with zero attached hydrogens (tertiary/aromatic N) is 1. The molecule has 0 spiro atoms. The smallest absolute Gasteiger partial charge is 0.219 e. The first-order chi connectivity index (χ1) is 9.12. The van der Waals surface area contributed by atoms with Crippen LogP contribution in [0.1, 0.15) is 23.7 Å². The Hall–Kier alpha value is -1.94. The molecule has 0 saturated carbocycles. The Morgan fingerprint density at radius 2 is 2.05 bits per heavy atom. The number of hydrogen-bond donors (Lipinski definition) is 1. The van der Waals surface area contributed by atoms with Crippen LogP contribution in [0.4, 0.5) is 4.39 Å². The van der Waals surface area contributed by atoms with Crippen LogP contribution in [0.15, 0.2) is 30.3 Å². The highest BCUT2D eigenvalue weighted by atomic mass is 19.1. The fourth-order valence-electron chi connectivity index (χ4n) is 1.74. The van der Waals surface area contributed by atoms with Crippen LogP contribution in [0.5, 0.6) is 11.6 Å². The molecule has 0 saturated heterocycles. The second kappa shape index (κ2) is 5.80. The average molecular weight is 261 g/mol. The molecule has 1 heterocycles. The van der Waals surface area contributed by atoms with Crippen LogP contribution in [0.3, 0.4) is 0 Å². The zero-order chi connectivity index (χ0) is 13.8. The lowest BCUT2D eigenvalue weighted by Crippen LogP contribution is -1.97. The second-order valence-corrected chi connectivity index (χ2v) is 4.33. The van der Waals surface area contributed by atoms with Crippen LogP contribution in [0, 0.1) is 12.7 Å². The van der Waals surface area contributed by atoms with Crippen LogP contribution in [0.25, 0.3) is 0 Å². The van der Waals surface area contributed by atoms with Gasteiger partial charge < -0.3 is 9.84 Å². The van der Waals surface area contributed by atoms with Crippen molar-refractivity contribution in [3.8, 4) is 11.6 Å². The average Bonchev–Trinajstić information content (AvgIpc) is 2.42. The molecular formula is C15H16FNO2. The SMILES string of the molecule is CCc1cc(CO)cc(Oc2cc(F)ccc2C)n1. The number of ether oxygens (including phenoxy) is 1. The molecule has 19 heavy (non-hydrogen) atoms. The molecule has 1 aromatic heterocycles. The molecule has 0 atom stereocenters. The van der Waals surface area contributed by atoms with Crippen LogP contribution in [-0.4, -0.2) is 10.1 Å². The maximum atomic E-state index is 13.2. The van der Waals surface area contributed by atoms with Gasteiger partial charge in [-0.3, -0.25) is 0 Å². The fourth-order valence-corrected chi connectivity index (χ4v) is 1.74. The Bertz CT molecular complexity index is 562. The van der Waals surface area contributed by atoms with Gasteiger partial charge in [-0.25, -0.2) is 9.37 Å². The highest BCUT2D eigenvalue weighted by Gasteiger charge is 2.07. The van der Waals surface area contributed by atoms with Crippen molar-refractivity contribution in [3.63, 3.8) is 0 Å². The highest BCUT2D eigenvalue weighted by molar-refractivity contribution is 5.36. The Kier molecular flexibility index (Phi) is 4.12. The van der Waals surface area contributed by atoms with Crippen LogP contribution < -0.4 is 4.74 Å². The molecule has 100 valence electrons. The molecule has 0 amide bonds. The molecule has 4 heteroatoms. The van der Waals surface area contributed by atoms with Crippen LogP contribution >= 0.6 is 0 Å². The molecule has 2 rings (SSSR count). The number of hydrogen-bond acceptors (Lipinski definition) is 3. The minimum atomic E-state index is -0.352. The van der Waals surface area contributed by atoms with Gasteiger partial charge in [-0.1, -0.05) is 13.0 Å². The maximum Gasteiger partial charge on any atom is 0.219 e. The van der Waals surface area contributed by atoms with E-state index in [9.17, 15) is 9.50 Å². The van der Waals surface area contributed by atoms with E-state index in [1.54, 1.807) is 12.1 Å². The van der Waals surface area contributed by atoms with E-state index < -0.39 is 0 Å². The second-order valence-electron chi connectivity index (χ2n) is 4.33. The van der Waals surface area contributed by atoms with Gasteiger partial charge in [-0.05, 0) is 36.6 Å². The van der Waals surface area contributed by atoms with Gasteiger partial charge in [0.05, 0.1) is 6.61 Å². The third-order valence-electron chi connectivity index (χ3n) is 2.82. The van der Waals surface area contributed by atoms with Crippen molar-refractivity contribution in [2.45, 2.75) is 26.9 Å². The van der Waals surface area contributed by atoms with Gasteiger partial charge in [0.2, 0.25) is 5.88 Å². The molecule has 0 fully saturated rings. The Morgan fingerprint density at radius 1 is 1.26 bits per heavy atom. The van der Waals surface area contributed by atoms with Gasteiger partial charge in [0.15, 0.2) is 0 Å². The van der Waals surface area contributed by atoms with E-state index in [0.29, 0.717) is 11.6 Å². The minimum Gasteiger partial charge on any atom is -0.439 e. The maximum absolute atomic E-state index is 13.2. The van der Waals surface area contributed by atoms with Gasteiger partial charge in [-0.15, -0.1) is 0 Å². The first kappa shape index (κ1) is 13.5. The summed E-state index contributed by atoms with van der Waals surface area (Å²) in [5.41, 5.74) is 2.39. The van der Waals surface area contributed by atoms with Crippen molar-refractivity contribution in [1.82, 2.24) is 4.98 Å².